The van der Waals surface area contributed by atoms with Gasteiger partial charge in [-0.15, -0.1) is 0 Å². The van der Waals surface area contributed by atoms with Crippen molar-refractivity contribution in [1.29, 1.82) is 0 Å². The minimum atomic E-state index is -3.03. The first-order valence-corrected chi connectivity index (χ1v) is 14.5. The number of fused-ring (bicyclic) bond motifs is 1. The SMILES string of the molecule is CCC(C)n1nc(N2CC[C@@H](O)C2)c2cnc(Nc3ccnc(N4CCC(S(C)(=O)=O)CC4)n3)cc21. The van der Waals surface area contributed by atoms with E-state index in [-0.39, 0.29) is 17.4 Å². The summed E-state index contributed by atoms with van der Waals surface area (Å²) in [6, 6.07) is 4.00. The Labute approximate surface area is 211 Å². The number of sulfone groups is 1. The molecule has 2 saturated heterocycles. The Morgan fingerprint density at radius 1 is 1.14 bits per heavy atom. The van der Waals surface area contributed by atoms with E-state index >= 15 is 0 Å². The molecule has 2 aliphatic rings. The summed E-state index contributed by atoms with van der Waals surface area (Å²) in [4.78, 5) is 17.9. The smallest absolute Gasteiger partial charge is 0.227 e. The monoisotopic (exact) mass is 514 g/mol. The Morgan fingerprint density at radius 2 is 1.89 bits per heavy atom. The molecule has 0 aromatic carbocycles. The Bertz CT molecular complexity index is 1340. The van der Waals surface area contributed by atoms with Crippen LogP contribution in [0.4, 0.5) is 23.4 Å². The van der Waals surface area contributed by atoms with Crippen LogP contribution in [0.1, 0.15) is 45.6 Å². The minimum absolute atomic E-state index is 0.213. The second-order valence-electron chi connectivity index (χ2n) is 9.88. The number of aliphatic hydroxyl groups excluding tert-OH is 1. The van der Waals surface area contributed by atoms with Crippen LogP contribution in [0.3, 0.4) is 0 Å². The molecule has 194 valence electrons. The molecule has 2 aliphatic heterocycles. The van der Waals surface area contributed by atoms with Crippen LogP contribution in [0.15, 0.2) is 24.5 Å². The first-order valence-electron chi connectivity index (χ1n) is 12.6. The lowest BCUT2D eigenvalue weighted by Crippen LogP contribution is -2.39. The molecule has 36 heavy (non-hydrogen) atoms. The van der Waals surface area contributed by atoms with E-state index in [1.165, 1.54) is 6.26 Å². The molecule has 2 fully saturated rings. The summed E-state index contributed by atoms with van der Waals surface area (Å²) in [5.41, 5.74) is 0.982. The summed E-state index contributed by atoms with van der Waals surface area (Å²) in [6.07, 6.45) is 7.35. The van der Waals surface area contributed by atoms with Gasteiger partial charge in [-0.25, -0.2) is 18.4 Å². The third-order valence-electron chi connectivity index (χ3n) is 7.27. The van der Waals surface area contributed by atoms with Crippen LogP contribution in [0.2, 0.25) is 0 Å². The molecule has 2 atom stereocenters. The lowest BCUT2D eigenvalue weighted by atomic mass is 10.1. The molecule has 0 bridgehead atoms. The normalized spacial score (nSPS) is 20.3. The first kappa shape index (κ1) is 24.7. The van der Waals surface area contributed by atoms with Crippen molar-refractivity contribution in [3.63, 3.8) is 0 Å². The number of pyridine rings is 1. The predicted octanol–water partition coefficient (Wildman–Crippen LogP) is 2.52. The van der Waals surface area contributed by atoms with Gasteiger partial charge in [0.15, 0.2) is 5.82 Å². The van der Waals surface area contributed by atoms with Crippen molar-refractivity contribution in [3.05, 3.63) is 24.5 Å². The van der Waals surface area contributed by atoms with Crippen LogP contribution in [0, 0.1) is 0 Å². The van der Waals surface area contributed by atoms with Gasteiger partial charge in [0, 0.05) is 56.9 Å². The van der Waals surface area contributed by atoms with Gasteiger partial charge in [-0.1, -0.05) is 6.92 Å². The molecule has 11 nitrogen and oxygen atoms in total. The fraction of sp³-hybridized carbons (Fsp3) is 0.583. The number of hydrogen-bond acceptors (Lipinski definition) is 10. The van der Waals surface area contributed by atoms with Crippen molar-refractivity contribution in [3.8, 4) is 0 Å². The number of hydrogen-bond donors (Lipinski definition) is 2. The van der Waals surface area contributed by atoms with Gasteiger partial charge in [0.25, 0.3) is 0 Å². The van der Waals surface area contributed by atoms with E-state index in [1.54, 1.807) is 12.3 Å². The highest BCUT2D eigenvalue weighted by Gasteiger charge is 2.28. The van der Waals surface area contributed by atoms with Gasteiger partial charge in [-0.3, -0.25) is 4.68 Å². The fourth-order valence-electron chi connectivity index (χ4n) is 4.95. The number of aliphatic hydroxyl groups is 1. The molecule has 0 aliphatic carbocycles. The number of nitrogens with one attached hydrogen (secondary N) is 1. The average molecular weight is 515 g/mol. The maximum absolute atomic E-state index is 11.9. The summed E-state index contributed by atoms with van der Waals surface area (Å²) in [6.45, 7) is 6.85. The highest BCUT2D eigenvalue weighted by molar-refractivity contribution is 7.91. The van der Waals surface area contributed by atoms with Gasteiger partial charge in [0.05, 0.1) is 22.3 Å². The van der Waals surface area contributed by atoms with E-state index in [1.807, 2.05) is 21.8 Å². The van der Waals surface area contributed by atoms with Crippen LogP contribution in [0.25, 0.3) is 10.9 Å². The van der Waals surface area contributed by atoms with Gasteiger partial charge in [-0.05, 0) is 38.7 Å². The summed E-state index contributed by atoms with van der Waals surface area (Å²) in [5.74, 6) is 2.71. The molecular weight excluding hydrogens is 480 g/mol. The van der Waals surface area contributed by atoms with E-state index < -0.39 is 9.84 Å². The molecule has 2 N–H and O–H groups in total. The lowest BCUT2D eigenvalue weighted by Gasteiger charge is -2.31. The van der Waals surface area contributed by atoms with Crippen LogP contribution >= 0.6 is 0 Å². The largest absolute Gasteiger partial charge is 0.391 e. The molecule has 1 unspecified atom stereocenters. The fourth-order valence-corrected chi connectivity index (χ4v) is 6.01. The number of β-amino-alcohol motifs (C(OH)–C–C–N with tert-alkyl or cyclic N) is 1. The minimum Gasteiger partial charge on any atom is -0.391 e. The van der Waals surface area contributed by atoms with Crippen molar-refractivity contribution in [1.82, 2.24) is 24.7 Å². The van der Waals surface area contributed by atoms with Gasteiger partial charge >= 0.3 is 0 Å². The van der Waals surface area contributed by atoms with Gasteiger partial charge in [-0.2, -0.15) is 10.1 Å². The van der Waals surface area contributed by atoms with Gasteiger partial charge in [0.2, 0.25) is 5.95 Å². The summed E-state index contributed by atoms with van der Waals surface area (Å²) >= 11 is 0. The first-order chi connectivity index (χ1) is 17.2. The number of nitrogens with zero attached hydrogens (tertiary/aromatic N) is 7. The third kappa shape index (κ3) is 4.96. The molecule has 0 radical (unpaired) electrons. The van der Waals surface area contributed by atoms with Crippen molar-refractivity contribution in [2.45, 2.75) is 56.9 Å². The van der Waals surface area contributed by atoms with Crippen LogP contribution in [0.5, 0.6) is 0 Å². The molecule has 5 heterocycles. The topological polar surface area (TPSA) is 129 Å². The maximum Gasteiger partial charge on any atom is 0.227 e. The average Bonchev–Trinajstić information content (AvgIpc) is 3.46. The Kier molecular flexibility index (Phi) is 6.73. The summed E-state index contributed by atoms with van der Waals surface area (Å²) < 4.78 is 25.8. The number of piperidine rings is 1. The molecule has 12 heteroatoms. The molecule has 0 spiro atoms. The molecular formula is C24H34N8O3S. The lowest BCUT2D eigenvalue weighted by molar-refractivity contribution is 0.198. The van der Waals surface area contributed by atoms with E-state index in [9.17, 15) is 13.5 Å². The maximum atomic E-state index is 11.9. The zero-order valence-electron chi connectivity index (χ0n) is 21.0. The number of rotatable bonds is 7. The second kappa shape index (κ2) is 9.81. The number of aromatic nitrogens is 5. The molecule has 0 saturated carbocycles. The highest BCUT2D eigenvalue weighted by Crippen LogP contribution is 2.32. The molecule has 3 aromatic heterocycles. The Hall–Kier alpha value is -2.99. The summed E-state index contributed by atoms with van der Waals surface area (Å²) in [7, 11) is -3.03. The van der Waals surface area contributed by atoms with Crippen molar-refractivity contribution >= 4 is 44.1 Å². The van der Waals surface area contributed by atoms with Crippen molar-refractivity contribution < 1.29 is 13.5 Å². The molecule has 5 rings (SSSR count). The van der Waals surface area contributed by atoms with E-state index in [2.05, 4.69) is 39.0 Å². The van der Waals surface area contributed by atoms with E-state index in [4.69, 9.17) is 5.10 Å². The quantitative estimate of drug-likeness (QED) is 0.485. The zero-order chi connectivity index (χ0) is 25.4. The molecule has 3 aromatic rings. The molecule has 0 amide bonds. The van der Waals surface area contributed by atoms with Crippen molar-refractivity contribution in [2.75, 3.05) is 47.6 Å². The van der Waals surface area contributed by atoms with Crippen LogP contribution in [-0.4, -0.2) is 82.0 Å². The highest BCUT2D eigenvalue weighted by atomic mass is 32.2. The number of anilines is 4. The van der Waals surface area contributed by atoms with E-state index in [0.717, 1.165) is 36.1 Å². The second-order valence-corrected chi connectivity index (χ2v) is 12.2. The standard InChI is InChI=1S/C24H34N8O3S/c1-4-16(2)32-20-13-22(26-14-19(20)23(29-32)31-10-6-17(33)15-31)27-21-5-9-25-24(28-21)30-11-7-18(8-12-30)36(3,34)35/h5,9,13-14,16-18,33H,4,6-8,10-12,15H2,1-3H3,(H,25,26,27,28)/t16?,17-/m1/s1. The Morgan fingerprint density at radius 3 is 2.56 bits per heavy atom. The predicted molar refractivity (Wildman–Crippen MR) is 141 cm³/mol. The van der Waals surface area contributed by atoms with E-state index in [0.29, 0.717) is 50.1 Å². The van der Waals surface area contributed by atoms with Crippen LogP contribution in [-0.2, 0) is 9.84 Å². The summed E-state index contributed by atoms with van der Waals surface area (Å²) in [5, 5.41) is 18.9. The van der Waals surface area contributed by atoms with Crippen molar-refractivity contribution in [2.24, 2.45) is 0 Å². The van der Waals surface area contributed by atoms with Crippen LogP contribution < -0.4 is 15.1 Å². The Balaban J connectivity index is 1.38. The van der Waals surface area contributed by atoms with Gasteiger partial charge < -0.3 is 20.2 Å². The van der Waals surface area contributed by atoms with Gasteiger partial charge in [0.1, 0.15) is 21.5 Å². The third-order valence-corrected chi connectivity index (χ3v) is 8.96. The zero-order valence-corrected chi connectivity index (χ0v) is 21.8.